The number of carbonyl (C=O) groups excluding carboxylic acids is 1. The molecule has 1 fully saturated rings. The molecule has 19 heavy (non-hydrogen) atoms. The minimum Gasteiger partial charge on any atom is -0.371 e. The van der Waals surface area contributed by atoms with Crippen LogP contribution in [0, 0.1) is 5.92 Å². The van der Waals surface area contributed by atoms with Gasteiger partial charge in [0, 0.05) is 18.8 Å². The zero-order valence-corrected chi connectivity index (χ0v) is 12.3. The number of hydrogen-bond donors (Lipinski definition) is 0. The Hall–Kier alpha value is -1.02. The van der Waals surface area contributed by atoms with Crippen molar-refractivity contribution in [2.75, 3.05) is 18.0 Å². The number of aldehydes is 1. The zero-order chi connectivity index (χ0) is 13.7. The van der Waals surface area contributed by atoms with E-state index in [-0.39, 0.29) is 0 Å². The molecule has 0 aromatic heterocycles. The van der Waals surface area contributed by atoms with Crippen molar-refractivity contribution in [2.24, 2.45) is 5.92 Å². The molecule has 2 nitrogen and oxygen atoms in total. The van der Waals surface area contributed by atoms with Crippen LogP contribution in [0.2, 0.25) is 5.02 Å². The molecule has 1 heterocycles. The van der Waals surface area contributed by atoms with Gasteiger partial charge in [0.05, 0.1) is 10.6 Å². The van der Waals surface area contributed by atoms with Crippen molar-refractivity contribution in [3.05, 3.63) is 28.8 Å². The Kier molecular flexibility index (Phi) is 5.26. The van der Waals surface area contributed by atoms with Gasteiger partial charge in [-0.1, -0.05) is 37.4 Å². The number of benzene rings is 1. The van der Waals surface area contributed by atoms with Crippen molar-refractivity contribution in [1.29, 1.82) is 0 Å². The largest absolute Gasteiger partial charge is 0.371 e. The molecule has 0 saturated carbocycles. The van der Waals surface area contributed by atoms with Gasteiger partial charge < -0.3 is 4.90 Å². The van der Waals surface area contributed by atoms with Gasteiger partial charge in [0.25, 0.3) is 0 Å². The van der Waals surface area contributed by atoms with E-state index in [4.69, 9.17) is 11.6 Å². The van der Waals surface area contributed by atoms with E-state index in [1.54, 1.807) is 6.07 Å². The van der Waals surface area contributed by atoms with Crippen molar-refractivity contribution < 1.29 is 4.79 Å². The molecule has 1 aliphatic rings. The quantitative estimate of drug-likeness (QED) is 0.753. The van der Waals surface area contributed by atoms with Crippen molar-refractivity contribution in [1.82, 2.24) is 0 Å². The van der Waals surface area contributed by atoms with Crippen molar-refractivity contribution in [3.8, 4) is 0 Å². The van der Waals surface area contributed by atoms with Gasteiger partial charge in [-0.2, -0.15) is 0 Å². The third kappa shape index (κ3) is 3.50. The molecule has 1 aromatic rings. The van der Waals surface area contributed by atoms with E-state index >= 15 is 0 Å². The summed E-state index contributed by atoms with van der Waals surface area (Å²) < 4.78 is 0. The first kappa shape index (κ1) is 14.4. The molecule has 1 aliphatic heterocycles. The second kappa shape index (κ2) is 6.95. The van der Waals surface area contributed by atoms with Crippen LogP contribution in [0.5, 0.6) is 0 Å². The topological polar surface area (TPSA) is 20.3 Å². The van der Waals surface area contributed by atoms with Crippen LogP contribution in [0.25, 0.3) is 0 Å². The standard InChI is InChI=1S/C16H22ClNO/c1-2-5-13-6-4-10-18(11-9-13)16-8-3-7-15(17)14(16)12-19/h3,7-8,12-13H,2,4-6,9-11H2,1H3. The van der Waals surface area contributed by atoms with E-state index in [0.717, 1.165) is 31.0 Å². The Balaban J connectivity index is 2.14. The minimum absolute atomic E-state index is 0.557. The monoisotopic (exact) mass is 279 g/mol. The van der Waals surface area contributed by atoms with Crippen LogP contribution in [0.1, 0.15) is 49.4 Å². The molecule has 0 bridgehead atoms. The lowest BCUT2D eigenvalue weighted by Gasteiger charge is -2.24. The molecule has 1 aromatic carbocycles. The van der Waals surface area contributed by atoms with Gasteiger partial charge in [0.15, 0.2) is 6.29 Å². The van der Waals surface area contributed by atoms with Crippen LogP contribution < -0.4 is 4.90 Å². The van der Waals surface area contributed by atoms with Gasteiger partial charge in [-0.15, -0.1) is 0 Å². The smallest absolute Gasteiger partial charge is 0.153 e. The lowest BCUT2D eigenvalue weighted by molar-refractivity contribution is 0.112. The average molecular weight is 280 g/mol. The molecule has 0 aliphatic carbocycles. The maximum absolute atomic E-state index is 11.2. The number of hydrogen-bond acceptors (Lipinski definition) is 2. The normalized spacial score (nSPS) is 20.1. The van der Waals surface area contributed by atoms with E-state index in [1.165, 1.54) is 32.1 Å². The number of anilines is 1. The number of carbonyl (C=O) groups is 1. The highest BCUT2D eigenvalue weighted by Gasteiger charge is 2.19. The first-order valence-corrected chi connectivity index (χ1v) is 7.62. The van der Waals surface area contributed by atoms with Gasteiger partial charge in [-0.25, -0.2) is 0 Å². The Morgan fingerprint density at radius 1 is 1.37 bits per heavy atom. The SMILES string of the molecule is CCCC1CCCN(c2cccc(Cl)c2C=O)CC1. The molecule has 0 radical (unpaired) electrons. The van der Waals surface area contributed by atoms with Gasteiger partial charge in [-0.3, -0.25) is 4.79 Å². The van der Waals surface area contributed by atoms with Crippen molar-refractivity contribution >= 4 is 23.6 Å². The molecule has 1 unspecified atom stereocenters. The van der Waals surface area contributed by atoms with Crippen molar-refractivity contribution in [2.45, 2.75) is 39.0 Å². The highest BCUT2D eigenvalue weighted by Crippen LogP contribution is 2.30. The molecular weight excluding hydrogens is 258 g/mol. The molecular formula is C16H22ClNO. The Bertz CT molecular complexity index is 433. The van der Waals surface area contributed by atoms with Gasteiger partial charge in [0.1, 0.15) is 0 Å². The summed E-state index contributed by atoms with van der Waals surface area (Å²) in [5, 5.41) is 0.557. The van der Waals surface area contributed by atoms with E-state index in [2.05, 4.69) is 11.8 Å². The van der Waals surface area contributed by atoms with Crippen LogP contribution in [-0.2, 0) is 0 Å². The van der Waals surface area contributed by atoms with Crippen LogP contribution in [-0.4, -0.2) is 19.4 Å². The van der Waals surface area contributed by atoms with Gasteiger partial charge in [-0.05, 0) is 37.3 Å². The fourth-order valence-electron chi connectivity index (χ4n) is 3.02. The van der Waals surface area contributed by atoms with Crippen LogP contribution in [0.4, 0.5) is 5.69 Å². The van der Waals surface area contributed by atoms with Crippen LogP contribution in [0.3, 0.4) is 0 Å². The molecule has 2 rings (SSSR count). The molecule has 0 spiro atoms. The predicted octanol–water partition coefficient (Wildman–Crippen LogP) is 4.56. The summed E-state index contributed by atoms with van der Waals surface area (Å²) in [7, 11) is 0. The van der Waals surface area contributed by atoms with Crippen LogP contribution in [0.15, 0.2) is 18.2 Å². The maximum atomic E-state index is 11.2. The van der Waals surface area contributed by atoms with Crippen LogP contribution >= 0.6 is 11.6 Å². The molecule has 1 atom stereocenters. The Morgan fingerprint density at radius 3 is 2.95 bits per heavy atom. The van der Waals surface area contributed by atoms with E-state index in [1.807, 2.05) is 12.1 Å². The summed E-state index contributed by atoms with van der Waals surface area (Å²) in [6, 6.07) is 5.72. The highest BCUT2D eigenvalue weighted by atomic mass is 35.5. The number of rotatable bonds is 4. The number of halogens is 1. The second-order valence-electron chi connectivity index (χ2n) is 5.36. The maximum Gasteiger partial charge on any atom is 0.153 e. The first-order chi connectivity index (χ1) is 9.26. The fourth-order valence-corrected chi connectivity index (χ4v) is 3.24. The predicted molar refractivity (Wildman–Crippen MR) is 81.3 cm³/mol. The molecule has 104 valence electrons. The lowest BCUT2D eigenvalue weighted by atomic mass is 9.96. The average Bonchev–Trinajstić information content (AvgIpc) is 2.64. The molecule has 0 N–H and O–H groups in total. The summed E-state index contributed by atoms with van der Waals surface area (Å²) in [4.78, 5) is 13.6. The lowest BCUT2D eigenvalue weighted by Crippen LogP contribution is -2.25. The summed E-state index contributed by atoms with van der Waals surface area (Å²) in [6.07, 6.45) is 7.20. The Labute approximate surface area is 120 Å². The summed E-state index contributed by atoms with van der Waals surface area (Å²) >= 11 is 6.11. The van der Waals surface area contributed by atoms with E-state index in [9.17, 15) is 4.79 Å². The van der Waals surface area contributed by atoms with Crippen molar-refractivity contribution in [3.63, 3.8) is 0 Å². The summed E-state index contributed by atoms with van der Waals surface area (Å²) in [6.45, 7) is 4.32. The summed E-state index contributed by atoms with van der Waals surface area (Å²) in [5.74, 6) is 0.842. The Morgan fingerprint density at radius 2 is 2.21 bits per heavy atom. The molecule has 1 saturated heterocycles. The molecule has 3 heteroatoms. The highest BCUT2D eigenvalue weighted by molar-refractivity contribution is 6.33. The zero-order valence-electron chi connectivity index (χ0n) is 11.6. The van der Waals surface area contributed by atoms with E-state index in [0.29, 0.717) is 10.6 Å². The van der Waals surface area contributed by atoms with Gasteiger partial charge >= 0.3 is 0 Å². The third-order valence-electron chi connectivity index (χ3n) is 4.03. The summed E-state index contributed by atoms with van der Waals surface area (Å²) in [5.41, 5.74) is 1.64. The van der Waals surface area contributed by atoms with Gasteiger partial charge in [0.2, 0.25) is 0 Å². The van der Waals surface area contributed by atoms with E-state index < -0.39 is 0 Å². The second-order valence-corrected chi connectivity index (χ2v) is 5.77. The third-order valence-corrected chi connectivity index (χ3v) is 4.36. The molecule has 0 amide bonds. The number of nitrogens with zero attached hydrogens (tertiary/aromatic N) is 1. The fraction of sp³-hybridized carbons (Fsp3) is 0.562. The minimum atomic E-state index is 0.557. The first-order valence-electron chi connectivity index (χ1n) is 7.25.